The Kier molecular flexibility index (Phi) is 4.76. The summed E-state index contributed by atoms with van der Waals surface area (Å²) in [6, 6.07) is 0. The van der Waals surface area contributed by atoms with Gasteiger partial charge in [0.05, 0.1) is 5.92 Å². The fraction of sp³-hybridized carbons (Fsp3) is 0.867. The van der Waals surface area contributed by atoms with Gasteiger partial charge in [-0.15, -0.1) is 0 Å². The zero-order chi connectivity index (χ0) is 15.6. The van der Waals surface area contributed by atoms with E-state index >= 15 is 0 Å². The lowest BCUT2D eigenvalue weighted by atomic mass is 9.81. The molecule has 2 aliphatic rings. The van der Waals surface area contributed by atoms with Gasteiger partial charge in [-0.05, 0) is 52.0 Å². The maximum atomic E-state index is 12.1. The van der Waals surface area contributed by atoms with Crippen LogP contribution in [0.4, 0.5) is 4.79 Å². The van der Waals surface area contributed by atoms with E-state index in [0.717, 1.165) is 13.0 Å². The van der Waals surface area contributed by atoms with Crippen LogP contribution in [0.3, 0.4) is 0 Å². The van der Waals surface area contributed by atoms with Crippen molar-refractivity contribution in [3.8, 4) is 0 Å². The molecule has 2 saturated heterocycles. The Morgan fingerprint density at radius 3 is 2.57 bits per heavy atom. The average molecular weight is 298 g/mol. The van der Waals surface area contributed by atoms with Crippen LogP contribution in [0.2, 0.25) is 0 Å². The number of amides is 1. The molecule has 0 saturated carbocycles. The van der Waals surface area contributed by atoms with Gasteiger partial charge in [-0.2, -0.15) is 0 Å². The zero-order valence-corrected chi connectivity index (χ0v) is 13.1. The average Bonchev–Trinajstić information content (AvgIpc) is 2.86. The highest BCUT2D eigenvalue weighted by Crippen LogP contribution is 2.31. The molecule has 2 fully saturated rings. The van der Waals surface area contributed by atoms with Gasteiger partial charge in [0.15, 0.2) is 0 Å². The van der Waals surface area contributed by atoms with E-state index in [1.165, 1.54) is 0 Å². The summed E-state index contributed by atoms with van der Waals surface area (Å²) in [6.45, 7) is 8.36. The Morgan fingerprint density at radius 2 is 1.95 bits per heavy atom. The van der Waals surface area contributed by atoms with Crippen molar-refractivity contribution in [1.82, 2.24) is 10.2 Å². The molecule has 0 aromatic rings. The van der Waals surface area contributed by atoms with Crippen molar-refractivity contribution in [3.63, 3.8) is 0 Å². The third kappa shape index (κ3) is 4.33. The first-order valence-electron chi connectivity index (χ1n) is 7.67. The highest BCUT2D eigenvalue weighted by atomic mass is 16.6. The molecule has 6 heteroatoms. The number of likely N-dealkylation sites (tertiary alicyclic amines) is 1. The van der Waals surface area contributed by atoms with E-state index in [-0.39, 0.29) is 12.0 Å². The second-order valence-corrected chi connectivity index (χ2v) is 7.16. The summed E-state index contributed by atoms with van der Waals surface area (Å²) in [6.07, 6.45) is 1.37. The van der Waals surface area contributed by atoms with Crippen LogP contribution in [0.1, 0.15) is 33.6 Å². The second kappa shape index (κ2) is 6.22. The van der Waals surface area contributed by atoms with Crippen LogP contribution < -0.4 is 5.32 Å². The van der Waals surface area contributed by atoms with Crippen LogP contribution in [0, 0.1) is 17.8 Å². The zero-order valence-electron chi connectivity index (χ0n) is 13.1. The van der Waals surface area contributed by atoms with Crippen molar-refractivity contribution >= 4 is 12.1 Å². The Balaban J connectivity index is 1.87. The predicted molar refractivity (Wildman–Crippen MR) is 78.0 cm³/mol. The SMILES string of the molecule is CC(C)(C)OC(=O)N1CCC(C2CNCC(C(=O)O)C2)C1. The summed E-state index contributed by atoms with van der Waals surface area (Å²) >= 11 is 0. The minimum Gasteiger partial charge on any atom is -0.481 e. The molecule has 6 nitrogen and oxygen atoms in total. The number of hydrogen-bond donors (Lipinski definition) is 2. The number of piperidine rings is 1. The van der Waals surface area contributed by atoms with Crippen LogP contribution >= 0.6 is 0 Å². The molecule has 3 unspecified atom stereocenters. The van der Waals surface area contributed by atoms with Gasteiger partial charge < -0.3 is 20.1 Å². The highest BCUT2D eigenvalue weighted by Gasteiger charge is 2.37. The largest absolute Gasteiger partial charge is 0.481 e. The first-order valence-corrected chi connectivity index (χ1v) is 7.67. The molecule has 3 atom stereocenters. The molecule has 0 aromatic heterocycles. The van der Waals surface area contributed by atoms with Crippen molar-refractivity contribution in [2.45, 2.75) is 39.2 Å². The van der Waals surface area contributed by atoms with E-state index in [1.54, 1.807) is 4.90 Å². The predicted octanol–water partition coefficient (Wildman–Crippen LogP) is 1.55. The monoisotopic (exact) mass is 298 g/mol. The summed E-state index contributed by atoms with van der Waals surface area (Å²) in [5.74, 6) is -0.340. The minimum atomic E-state index is -0.728. The van der Waals surface area contributed by atoms with Crippen molar-refractivity contribution in [1.29, 1.82) is 0 Å². The molecule has 1 amide bonds. The molecular formula is C15H26N2O4. The number of nitrogens with one attached hydrogen (secondary N) is 1. The lowest BCUT2D eigenvalue weighted by Crippen LogP contribution is -2.43. The van der Waals surface area contributed by atoms with Crippen LogP contribution in [0.25, 0.3) is 0 Å². The number of aliphatic carboxylic acids is 1. The van der Waals surface area contributed by atoms with E-state index in [4.69, 9.17) is 9.84 Å². The van der Waals surface area contributed by atoms with Crippen molar-refractivity contribution in [2.24, 2.45) is 17.8 Å². The van der Waals surface area contributed by atoms with Gasteiger partial charge in [0, 0.05) is 19.6 Å². The fourth-order valence-electron chi connectivity index (χ4n) is 3.19. The minimum absolute atomic E-state index is 0.261. The molecule has 0 aliphatic carbocycles. The highest BCUT2D eigenvalue weighted by molar-refractivity contribution is 5.70. The molecule has 0 aromatic carbocycles. The maximum absolute atomic E-state index is 12.1. The van der Waals surface area contributed by atoms with Crippen LogP contribution in [0.15, 0.2) is 0 Å². The van der Waals surface area contributed by atoms with E-state index in [9.17, 15) is 9.59 Å². The van der Waals surface area contributed by atoms with Gasteiger partial charge in [-0.1, -0.05) is 0 Å². The third-order valence-electron chi connectivity index (χ3n) is 4.28. The number of rotatable bonds is 2. The Morgan fingerprint density at radius 1 is 1.24 bits per heavy atom. The molecular weight excluding hydrogens is 272 g/mol. The van der Waals surface area contributed by atoms with Gasteiger partial charge in [0.1, 0.15) is 5.60 Å². The summed E-state index contributed by atoms with van der Waals surface area (Å²) in [5, 5.41) is 12.4. The first-order chi connectivity index (χ1) is 9.76. The number of carboxylic acid groups (broad SMARTS) is 1. The van der Waals surface area contributed by atoms with E-state index in [0.29, 0.717) is 37.9 Å². The summed E-state index contributed by atoms with van der Waals surface area (Å²) < 4.78 is 5.39. The lowest BCUT2D eigenvalue weighted by molar-refractivity contribution is -0.143. The van der Waals surface area contributed by atoms with E-state index in [2.05, 4.69) is 5.32 Å². The molecule has 2 heterocycles. The smallest absolute Gasteiger partial charge is 0.410 e. The molecule has 21 heavy (non-hydrogen) atoms. The topological polar surface area (TPSA) is 78.9 Å². The van der Waals surface area contributed by atoms with Crippen LogP contribution in [0.5, 0.6) is 0 Å². The number of ether oxygens (including phenoxy) is 1. The normalized spacial score (nSPS) is 30.2. The number of carbonyl (C=O) groups excluding carboxylic acids is 1. The van der Waals surface area contributed by atoms with Crippen molar-refractivity contribution in [3.05, 3.63) is 0 Å². The van der Waals surface area contributed by atoms with Gasteiger partial charge in [0.25, 0.3) is 0 Å². The number of nitrogens with zero attached hydrogens (tertiary/aromatic N) is 1. The van der Waals surface area contributed by atoms with Gasteiger partial charge in [0.2, 0.25) is 0 Å². The molecule has 2 N–H and O–H groups in total. The van der Waals surface area contributed by atoms with Crippen molar-refractivity contribution < 1.29 is 19.4 Å². The van der Waals surface area contributed by atoms with Crippen molar-refractivity contribution in [2.75, 3.05) is 26.2 Å². The van der Waals surface area contributed by atoms with Crippen LogP contribution in [-0.4, -0.2) is 53.8 Å². The summed E-state index contributed by atoms with van der Waals surface area (Å²) in [7, 11) is 0. The number of carboxylic acids is 1. The molecule has 2 rings (SSSR count). The van der Waals surface area contributed by atoms with E-state index in [1.807, 2.05) is 20.8 Å². The standard InChI is InChI=1S/C15H26N2O4/c1-15(2,3)21-14(20)17-5-4-10(9-17)11-6-12(13(18)19)8-16-7-11/h10-12,16H,4-9H2,1-3H3,(H,18,19). The second-order valence-electron chi connectivity index (χ2n) is 7.16. The molecule has 0 radical (unpaired) electrons. The van der Waals surface area contributed by atoms with E-state index < -0.39 is 11.6 Å². The first kappa shape index (κ1) is 16.1. The van der Waals surface area contributed by atoms with Crippen LogP contribution in [-0.2, 0) is 9.53 Å². The Bertz CT molecular complexity index is 405. The number of carbonyl (C=O) groups is 2. The number of hydrogen-bond acceptors (Lipinski definition) is 4. The molecule has 0 bridgehead atoms. The third-order valence-corrected chi connectivity index (χ3v) is 4.28. The molecule has 120 valence electrons. The Hall–Kier alpha value is -1.30. The Labute approximate surface area is 125 Å². The van der Waals surface area contributed by atoms with Gasteiger partial charge in [-0.3, -0.25) is 4.79 Å². The molecule has 0 spiro atoms. The van der Waals surface area contributed by atoms with Gasteiger partial charge in [-0.25, -0.2) is 4.79 Å². The fourth-order valence-corrected chi connectivity index (χ4v) is 3.19. The quantitative estimate of drug-likeness (QED) is 0.808. The molecule has 2 aliphatic heterocycles. The van der Waals surface area contributed by atoms with Gasteiger partial charge >= 0.3 is 12.1 Å². The summed E-state index contributed by atoms with van der Waals surface area (Å²) in [5.41, 5.74) is -0.476. The lowest BCUT2D eigenvalue weighted by Gasteiger charge is -2.32. The maximum Gasteiger partial charge on any atom is 0.410 e. The summed E-state index contributed by atoms with van der Waals surface area (Å²) in [4.78, 5) is 24.9.